The highest BCUT2D eigenvalue weighted by molar-refractivity contribution is 5.37. The Balaban J connectivity index is 2.28. The van der Waals surface area contributed by atoms with Crippen LogP contribution < -0.4 is 4.74 Å². The number of rotatable bonds is 4. The fourth-order valence-electron chi connectivity index (χ4n) is 2.24. The second-order valence-corrected chi connectivity index (χ2v) is 5.40. The van der Waals surface area contributed by atoms with Crippen molar-refractivity contribution in [3.8, 4) is 5.75 Å². The summed E-state index contributed by atoms with van der Waals surface area (Å²) in [6.45, 7) is 0.964. The van der Waals surface area contributed by atoms with Gasteiger partial charge in [-0.3, -0.25) is 0 Å². The van der Waals surface area contributed by atoms with Crippen molar-refractivity contribution in [2.75, 3.05) is 0 Å². The zero-order valence-electron chi connectivity index (χ0n) is 13.0. The van der Waals surface area contributed by atoms with E-state index >= 15 is 0 Å². The van der Waals surface area contributed by atoms with E-state index < -0.39 is 35.6 Å². The Kier molecular flexibility index (Phi) is 5.31. The highest BCUT2D eigenvalue weighted by atomic mass is 19.4. The third-order valence-electron chi connectivity index (χ3n) is 3.62. The first kappa shape index (κ1) is 19.1. The van der Waals surface area contributed by atoms with E-state index in [2.05, 4.69) is 0 Å². The van der Waals surface area contributed by atoms with E-state index in [0.717, 1.165) is 6.07 Å². The van der Waals surface area contributed by atoms with Gasteiger partial charge < -0.3 is 9.84 Å². The number of ether oxygens (including phenoxy) is 1. The zero-order chi connectivity index (χ0) is 18.8. The fraction of sp³-hybridized carbons (Fsp3) is 0.294. The Morgan fingerprint density at radius 1 is 0.880 bits per heavy atom. The molecule has 136 valence electrons. The van der Waals surface area contributed by atoms with Crippen LogP contribution in [0.25, 0.3) is 0 Å². The van der Waals surface area contributed by atoms with E-state index in [-0.39, 0.29) is 18.4 Å². The maximum Gasteiger partial charge on any atom is 0.416 e. The van der Waals surface area contributed by atoms with Crippen molar-refractivity contribution < 1.29 is 36.2 Å². The van der Waals surface area contributed by atoms with Crippen molar-refractivity contribution in [2.45, 2.75) is 32.5 Å². The Morgan fingerprint density at radius 3 is 2.04 bits per heavy atom. The molecule has 0 unspecified atom stereocenters. The molecule has 0 saturated carbocycles. The Bertz CT molecular complexity index is 750. The van der Waals surface area contributed by atoms with Crippen molar-refractivity contribution in [1.82, 2.24) is 0 Å². The van der Waals surface area contributed by atoms with E-state index in [4.69, 9.17) is 9.84 Å². The number of aliphatic hydroxyl groups is 1. The monoisotopic (exact) mass is 364 g/mol. The Hall–Kier alpha value is -2.22. The summed E-state index contributed by atoms with van der Waals surface area (Å²) >= 11 is 0. The number of hydrogen-bond acceptors (Lipinski definition) is 2. The van der Waals surface area contributed by atoms with Crippen LogP contribution in [0, 0.1) is 6.92 Å². The van der Waals surface area contributed by atoms with Crippen LogP contribution in [0.4, 0.5) is 26.3 Å². The number of alkyl halides is 6. The van der Waals surface area contributed by atoms with Crippen molar-refractivity contribution in [3.63, 3.8) is 0 Å². The number of benzene rings is 2. The number of aryl methyl sites for hydroxylation is 1. The average molecular weight is 364 g/mol. The lowest BCUT2D eigenvalue weighted by molar-refractivity contribution is -0.143. The highest BCUT2D eigenvalue weighted by Crippen LogP contribution is 2.37. The quantitative estimate of drug-likeness (QED) is 0.765. The summed E-state index contributed by atoms with van der Waals surface area (Å²) in [5, 5.41) is 9.08. The molecule has 0 aliphatic carbocycles. The maximum atomic E-state index is 13.1. The lowest BCUT2D eigenvalue weighted by Gasteiger charge is -2.16. The molecule has 2 rings (SSSR count). The lowest BCUT2D eigenvalue weighted by Crippen LogP contribution is -2.14. The lowest BCUT2D eigenvalue weighted by atomic mass is 10.0. The van der Waals surface area contributed by atoms with Gasteiger partial charge in [0.15, 0.2) is 0 Å². The van der Waals surface area contributed by atoms with E-state index in [0.29, 0.717) is 17.2 Å². The van der Waals surface area contributed by atoms with Gasteiger partial charge in [0, 0.05) is 5.56 Å². The molecule has 0 aromatic heterocycles. The van der Waals surface area contributed by atoms with Gasteiger partial charge in [-0.1, -0.05) is 12.1 Å². The molecule has 0 atom stereocenters. The predicted molar refractivity (Wildman–Crippen MR) is 77.9 cm³/mol. The molecule has 0 amide bonds. The molecule has 2 aromatic carbocycles. The second-order valence-electron chi connectivity index (χ2n) is 5.40. The summed E-state index contributed by atoms with van der Waals surface area (Å²) in [6, 6.07) is 5.99. The minimum absolute atomic E-state index is 0.0821. The molecule has 1 N–H and O–H groups in total. The summed E-state index contributed by atoms with van der Waals surface area (Å²) in [5.41, 5.74) is -1.83. The van der Waals surface area contributed by atoms with Crippen LogP contribution >= 0.6 is 0 Å². The van der Waals surface area contributed by atoms with Crippen LogP contribution in [0.15, 0.2) is 36.4 Å². The van der Waals surface area contributed by atoms with Gasteiger partial charge in [-0.2, -0.15) is 26.3 Å². The van der Waals surface area contributed by atoms with Crippen LogP contribution in [0.3, 0.4) is 0 Å². The fourth-order valence-corrected chi connectivity index (χ4v) is 2.24. The highest BCUT2D eigenvalue weighted by Gasteiger charge is 2.38. The van der Waals surface area contributed by atoms with Crippen LogP contribution in [-0.2, 0) is 25.6 Å². The van der Waals surface area contributed by atoms with Gasteiger partial charge in [0.25, 0.3) is 0 Å². The van der Waals surface area contributed by atoms with Gasteiger partial charge in [-0.05, 0) is 42.3 Å². The van der Waals surface area contributed by atoms with Crippen LogP contribution in [0.2, 0.25) is 0 Å². The average Bonchev–Trinajstić information content (AvgIpc) is 2.51. The van der Waals surface area contributed by atoms with Crippen molar-refractivity contribution >= 4 is 0 Å². The second kappa shape index (κ2) is 6.95. The van der Waals surface area contributed by atoms with Gasteiger partial charge >= 0.3 is 12.4 Å². The molecule has 0 spiro atoms. The van der Waals surface area contributed by atoms with E-state index in [1.54, 1.807) is 13.0 Å². The summed E-state index contributed by atoms with van der Waals surface area (Å²) in [6.07, 6.45) is -9.80. The normalized spacial score (nSPS) is 12.3. The van der Waals surface area contributed by atoms with Crippen molar-refractivity contribution in [1.29, 1.82) is 0 Å². The molecule has 0 fully saturated rings. The zero-order valence-corrected chi connectivity index (χ0v) is 13.0. The first-order chi connectivity index (χ1) is 11.5. The number of hydrogen-bond donors (Lipinski definition) is 1. The molecule has 0 saturated heterocycles. The summed E-state index contributed by atoms with van der Waals surface area (Å²) < 4.78 is 82.3. The van der Waals surface area contributed by atoms with E-state index in [9.17, 15) is 26.3 Å². The molecule has 0 bridgehead atoms. The van der Waals surface area contributed by atoms with E-state index in [1.807, 2.05) is 0 Å². The van der Waals surface area contributed by atoms with Gasteiger partial charge in [-0.25, -0.2) is 0 Å². The van der Waals surface area contributed by atoms with Gasteiger partial charge in [0.2, 0.25) is 0 Å². The van der Waals surface area contributed by atoms with Gasteiger partial charge in [0.05, 0.1) is 17.7 Å². The number of aliphatic hydroxyl groups excluding tert-OH is 1. The summed E-state index contributed by atoms with van der Waals surface area (Å²) in [7, 11) is 0. The minimum Gasteiger partial charge on any atom is -0.489 e. The minimum atomic E-state index is -4.93. The van der Waals surface area contributed by atoms with Crippen LogP contribution in [-0.4, -0.2) is 5.11 Å². The molecular weight excluding hydrogens is 350 g/mol. The molecule has 0 aliphatic heterocycles. The van der Waals surface area contributed by atoms with Gasteiger partial charge in [0.1, 0.15) is 12.4 Å². The molecule has 8 heteroatoms. The van der Waals surface area contributed by atoms with E-state index in [1.165, 1.54) is 12.1 Å². The Labute approximate surface area is 139 Å². The maximum absolute atomic E-state index is 13.1. The van der Waals surface area contributed by atoms with Crippen molar-refractivity contribution in [2.24, 2.45) is 0 Å². The molecule has 0 aliphatic rings. The third-order valence-corrected chi connectivity index (χ3v) is 3.62. The van der Waals surface area contributed by atoms with Crippen LogP contribution in [0.1, 0.15) is 27.8 Å². The molecular formula is C17H14F6O2. The third kappa shape index (κ3) is 4.66. The molecule has 2 aromatic rings. The topological polar surface area (TPSA) is 29.5 Å². The predicted octanol–water partition coefficient (Wildman–Crippen LogP) is 5.10. The van der Waals surface area contributed by atoms with Crippen molar-refractivity contribution in [3.05, 3.63) is 64.2 Å². The number of halogens is 6. The van der Waals surface area contributed by atoms with Gasteiger partial charge in [-0.15, -0.1) is 0 Å². The Morgan fingerprint density at radius 2 is 1.52 bits per heavy atom. The molecule has 2 nitrogen and oxygen atoms in total. The van der Waals surface area contributed by atoms with Crippen LogP contribution in [0.5, 0.6) is 5.75 Å². The largest absolute Gasteiger partial charge is 0.489 e. The summed E-state index contributed by atoms with van der Waals surface area (Å²) in [4.78, 5) is 0. The molecule has 25 heavy (non-hydrogen) atoms. The molecule has 0 heterocycles. The smallest absolute Gasteiger partial charge is 0.416 e. The summed E-state index contributed by atoms with van der Waals surface area (Å²) in [5.74, 6) is 0.253. The first-order valence-corrected chi connectivity index (χ1v) is 7.13. The molecule has 0 radical (unpaired) electrons. The standard InChI is InChI=1S/C17H14F6O2/c1-10-6-14(5-3-11(10)8-24)25-9-12-2-4-13(16(18,19)20)7-15(12)17(21,22)23/h2-7,24H,8-9H2,1H3. The SMILES string of the molecule is Cc1cc(OCc2ccc(C(F)(F)F)cc2C(F)(F)F)ccc1CO. The first-order valence-electron chi connectivity index (χ1n) is 7.13.